The van der Waals surface area contributed by atoms with Gasteiger partial charge in [-0.1, -0.05) is 24.3 Å². The van der Waals surface area contributed by atoms with E-state index < -0.39 is 6.04 Å². The Morgan fingerprint density at radius 1 is 1.33 bits per heavy atom. The summed E-state index contributed by atoms with van der Waals surface area (Å²) in [6, 6.07) is 7.11. The normalized spacial score (nSPS) is 18.5. The molecule has 5 nitrogen and oxygen atoms in total. The molecule has 4 N–H and O–H groups in total. The van der Waals surface area contributed by atoms with Crippen molar-refractivity contribution in [3.05, 3.63) is 35.4 Å². The van der Waals surface area contributed by atoms with Crippen LogP contribution in [0, 0.1) is 0 Å². The summed E-state index contributed by atoms with van der Waals surface area (Å²) in [4.78, 5) is 11.9. The number of carbonyl (C=O) groups is 1. The zero-order chi connectivity index (χ0) is 13.0. The first-order valence-corrected chi connectivity index (χ1v) is 6.07. The van der Waals surface area contributed by atoms with E-state index in [1.54, 1.807) is 0 Å². The van der Waals surface area contributed by atoms with Crippen LogP contribution < -0.4 is 10.6 Å². The number of carbonyl (C=O) groups excluding carboxylic acids is 1. The molecule has 1 heterocycles. The van der Waals surface area contributed by atoms with Gasteiger partial charge < -0.3 is 20.8 Å². The fourth-order valence-corrected chi connectivity index (χ4v) is 2.09. The lowest BCUT2D eigenvalue weighted by Gasteiger charge is -2.26. The molecule has 1 aliphatic rings. The lowest BCUT2D eigenvalue weighted by atomic mass is 9.95. The van der Waals surface area contributed by atoms with Crippen molar-refractivity contribution in [3.63, 3.8) is 0 Å². The molecule has 0 fully saturated rings. The minimum atomic E-state index is -0.587. The second kappa shape index (κ2) is 5.95. The third kappa shape index (κ3) is 2.87. The van der Waals surface area contributed by atoms with Crippen LogP contribution in [0.4, 0.5) is 0 Å². The van der Waals surface area contributed by atoms with Crippen LogP contribution in [0.25, 0.3) is 0 Å². The van der Waals surface area contributed by atoms with Crippen LogP contribution in [0.1, 0.15) is 11.1 Å². The van der Waals surface area contributed by atoms with Gasteiger partial charge in [0.15, 0.2) is 0 Å². The van der Waals surface area contributed by atoms with Gasteiger partial charge in [0.05, 0.1) is 25.3 Å². The van der Waals surface area contributed by atoms with Crippen LogP contribution >= 0.6 is 0 Å². The van der Waals surface area contributed by atoms with E-state index in [2.05, 4.69) is 10.6 Å². The van der Waals surface area contributed by atoms with Crippen LogP contribution in [-0.4, -0.2) is 41.4 Å². The molecular weight excluding hydrogens is 232 g/mol. The number of amides is 1. The average molecular weight is 250 g/mol. The Labute approximate surface area is 106 Å². The molecule has 0 aliphatic carbocycles. The number of hydrogen-bond donors (Lipinski definition) is 4. The molecule has 1 atom stereocenters. The summed E-state index contributed by atoms with van der Waals surface area (Å²) in [5, 5.41) is 23.6. The summed E-state index contributed by atoms with van der Waals surface area (Å²) >= 11 is 0. The van der Waals surface area contributed by atoms with Crippen molar-refractivity contribution in [2.75, 3.05) is 13.2 Å². The number of aliphatic hydroxyl groups is 2. The monoisotopic (exact) mass is 250 g/mol. The lowest BCUT2D eigenvalue weighted by Crippen LogP contribution is -2.52. The van der Waals surface area contributed by atoms with E-state index >= 15 is 0 Å². The van der Waals surface area contributed by atoms with E-state index in [9.17, 15) is 4.79 Å². The number of benzene rings is 1. The minimum Gasteiger partial charge on any atom is -0.394 e. The highest BCUT2D eigenvalue weighted by Gasteiger charge is 2.25. The van der Waals surface area contributed by atoms with E-state index in [1.165, 1.54) is 11.1 Å². The molecule has 0 aromatic heterocycles. The lowest BCUT2D eigenvalue weighted by molar-refractivity contribution is -0.124. The van der Waals surface area contributed by atoms with Gasteiger partial charge >= 0.3 is 0 Å². The van der Waals surface area contributed by atoms with Gasteiger partial charge in [-0.2, -0.15) is 0 Å². The molecule has 1 aromatic carbocycles. The van der Waals surface area contributed by atoms with Gasteiger partial charge in [-0.25, -0.2) is 0 Å². The number of aliphatic hydroxyl groups excluding tert-OH is 2. The quantitative estimate of drug-likeness (QED) is 0.562. The Morgan fingerprint density at radius 3 is 2.67 bits per heavy atom. The van der Waals surface area contributed by atoms with Gasteiger partial charge in [-0.05, 0) is 17.5 Å². The fraction of sp³-hybridized carbons (Fsp3) is 0.462. The highest BCUT2D eigenvalue weighted by Crippen LogP contribution is 2.16. The molecule has 0 saturated heterocycles. The number of fused-ring (bicyclic) bond motifs is 1. The van der Waals surface area contributed by atoms with Gasteiger partial charge in [0.25, 0.3) is 0 Å². The van der Waals surface area contributed by atoms with Crippen molar-refractivity contribution in [1.29, 1.82) is 0 Å². The van der Waals surface area contributed by atoms with Crippen LogP contribution in [0.5, 0.6) is 0 Å². The molecule has 0 saturated carbocycles. The number of rotatable bonds is 4. The first-order chi connectivity index (χ1) is 8.74. The summed E-state index contributed by atoms with van der Waals surface area (Å²) in [6.45, 7) is 0.147. The zero-order valence-corrected chi connectivity index (χ0v) is 10.1. The highest BCUT2D eigenvalue weighted by molar-refractivity contribution is 5.82. The molecule has 5 heteroatoms. The van der Waals surface area contributed by atoms with Crippen LogP contribution in [0.15, 0.2) is 24.3 Å². The Hall–Kier alpha value is -1.43. The predicted octanol–water partition coefficient (Wildman–Crippen LogP) is -0.830. The van der Waals surface area contributed by atoms with Crippen LogP contribution in [0.2, 0.25) is 0 Å². The first kappa shape index (κ1) is 13.0. The van der Waals surface area contributed by atoms with Crippen molar-refractivity contribution < 1.29 is 15.0 Å². The van der Waals surface area contributed by atoms with Crippen molar-refractivity contribution in [1.82, 2.24) is 10.6 Å². The van der Waals surface area contributed by atoms with Crippen LogP contribution in [0.3, 0.4) is 0 Å². The third-order valence-corrected chi connectivity index (χ3v) is 3.18. The first-order valence-electron chi connectivity index (χ1n) is 6.07. The summed E-state index contributed by atoms with van der Waals surface area (Å²) < 4.78 is 0. The molecular formula is C13H18N2O3. The molecule has 18 heavy (non-hydrogen) atoms. The predicted molar refractivity (Wildman–Crippen MR) is 66.9 cm³/mol. The van der Waals surface area contributed by atoms with E-state index in [-0.39, 0.29) is 25.2 Å². The summed E-state index contributed by atoms with van der Waals surface area (Å²) in [5.41, 5.74) is 2.38. The SMILES string of the molecule is O=C(NC(CO)CO)C1Cc2ccccc2CN1. The topological polar surface area (TPSA) is 81.6 Å². The number of nitrogens with one attached hydrogen (secondary N) is 2. The maximum Gasteiger partial charge on any atom is 0.237 e. The van der Waals surface area contributed by atoms with Gasteiger partial charge in [0.1, 0.15) is 0 Å². The van der Waals surface area contributed by atoms with Gasteiger partial charge in [0, 0.05) is 6.54 Å². The Bertz CT molecular complexity index is 418. The molecule has 1 unspecified atom stereocenters. The Morgan fingerprint density at radius 2 is 2.00 bits per heavy atom. The van der Waals surface area contributed by atoms with E-state index in [0.29, 0.717) is 13.0 Å². The molecule has 2 rings (SSSR count). The second-order valence-electron chi connectivity index (χ2n) is 4.48. The van der Waals surface area contributed by atoms with Crippen molar-refractivity contribution in [3.8, 4) is 0 Å². The minimum absolute atomic E-state index is 0.183. The maximum absolute atomic E-state index is 11.9. The Kier molecular flexibility index (Phi) is 4.30. The summed E-state index contributed by atoms with van der Waals surface area (Å²) in [7, 11) is 0. The van der Waals surface area contributed by atoms with Crippen molar-refractivity contribution in [2.45, 2.75) is 25.0 Å². The van der Waals surface area contributed by atoms with Gasteiger partial charge in [-0.3, -0.25) is 4.79 Å². The number of hydrogen-bond acceptors (Lipinski definition) is 4. The molecule has 0 radical (unpaired) electrons. The standard InChI is InChI=1S/C13H18N2O3/c16-7-11(8-17)15-13(18)12-5-9-3-1-2-4-10(9)6-14-12/h1-4,11-12,14,16-17H,5-8H2,(H,15,18). The maximum atomic E-state index is 11.9. The van der Waals surface area contributed by atoms with E-state index in [4.69, 9.17) is 10.2 Å². The third-order valence-electron chi connectivity index (χ3n) is 3.18. The van der Waals surface area contributed by atoms with E-state index in [1.807, 2.05) is 24.3 Å². The largest absolute Gasteiger partial charge is 0.394 e. The van der Waals surface area contributed by atoms with Crippen LogP contribution in [-0.2, 0) is 17.8 Å². The summed E-state index contributed by atoms with van der Waals surface area (Å²) in [6.07, 6.45) is 0.631. The fourth-order valence-electron chi connectivity index (χ4n) is 2.09. The molecule has 1 aromatic rings. The summed E-state index contributed by atoms with van der Waals surface area (Å²) in [5.74, 6) is -0.183. The van der Waals surface area contributed by atoms with Gasteiger partial charge in [-0.15, -0.1) is 0 Å². The average Bonchev–Trinajstić information content (AvgIpc) is 2.44. The molecule has 98 valence electrons. The molecule has 1 amide bonds. The van der Waals surface area contributed by atoms with Crippen molar-refractivity contribution >= 4 is 5.91 Å². The van der Waals surface area contributed by atoms with E-state index in [0.717, 1.165) is 0 Å². The molecule has 0 bridgehead atoms. The Balaban J connectivity index is 1.98. The van der Waals surface area contributed by atoms with Gasteiger partial charge in [0.2, 0.25) is 5.91 Å². The highest BCUT2D eigenvalue weighted by atomic mass is 16.3. The second-order valence-corrected chi connectivity index (χ2v) is 4.48. The zero-order valence-electron chi connectivity index (χ0n) is 10.1. The molecule has 1 aliphatic heterocycles. The smallest absolute Gasteiger partial charge is 0.237 e. The molecule has 0 spiro atoms. The van der Waals surface area contributed by atoms with Crippen molar-refractivity contribution in [2.24, 2.45) is 0 Å².